The highest BCUT2D eigenvalue weighted by atomic mass is 32.2. The molecule has 0 saturated carbocycles. The molecule has 12 nitrogen and oxygen atoms in total. The molecule has 1 heterocycles. The monoisotopic (exact) mass is 445 g/mol. The van der Waals surface area contributed by atoms with E-state index < -0.39 is 33.3 Å². The van der Waals surface area contributed by atoms with E-state index in [-0.39, 0.29) is 44.4 Å². The molecule has 0 aliphatic carbocycles. The van der Waals surface area contributed by atoms with Crippen LogP contribution in [0.15, 0.2) is 24.3 Å². The summed E-state index contributed by atoms with van der Waals surface area (Å²) in [5.74, 6) is -0.343. The van der Waals surface area contributed by atoms with E-state index in [1.165, 1.54) is 36.2 Å². The minimum atomic E-state index is -3.72. The third-order valence-electron chi connectivity index (χ3n) is 4.25. The number of nitrogens with one attached hydrogen (secondary N) is 1. The molecule has 0 bridgehead atoms. The summed E-state index contributed by atoms with van der Waals surface area (Å²) in [6.07, 6.45) is -0.380. The van der Waals surface area contributed by atoms with Crippen molar-refractivity contribution in [2.45, 2.75) is 25.2 Å². The average molecular weight is 445 g/mol. The first-order chi connectivity index (χ1) is 14.1. The number of likely N-dealkylation sites (N-methyl/N-ethyl adjacent to an activating group) is 1. The number of carbonyl (C=O) groups excluding carboxylic acids is 2. The molecule has 1 aromatic rings. The quantitative estimate of drug-likeness (QED) is 0.323. The van der Waals surface area contributed by atoms with Gasteiger partial charge in [-0.2, -0.15) is 8.42 Å². The van der Waals surface area contributed by atoms with Crippen LogP contribution in [0.5, 0.6) is 0 Å². The van der Waals surface area contributed by atoms with E-state index in [1.807, 2.05) is 0 Å². The van der Waals surface area contributed by atoms with Gasteiger partial charge in [-0.1, -0.05) is 0 Å². The summed E-state index contributed by atoms with van der Waals surface area (Å²) in [6.45, 7) is -0.378. The molecule has 2 amide bonds. The Morgan fingerprint density at radius 2 is 1.97 bits per heavy atom. The molecule has 0 spiro atoms. The number of hydrogen-bond donors (Lipinski definition) is 1. The van der Waals surface area contributed by atoms with Crippen molar-refractivity contribution in [1.82, 2.24) is 10.2 Å². The SMILES string of the molecule is CNC(=O)COC[C@@H]1C[C@@H](OS(C)(=O)=O)CN1C(=O)OCc1ccc([N+](=O)[O-])cc1. The average Bonchev–Trinajstić information content (AvgIpc) is 3.06. The standard InChI is InChI=1S/C17H23N3O9S/c1-18-16(21)11-27-10-14-7-15(29-30(2,25)26)8-19(14)17(22)28-9-12-3-5-13(6-4-12)20(23)24/h3-6,14-15H,7-11H2,1-2H3,(H,18,21)/t14-,15+/m0/s1. The van der Waals surface area contributed by atoms with E-state index >= 15 is 0 Å². The predicted molar refractivity (Wildman–Crippen MR) is 103 cm³/mol. The zero-order valence-electron chi connectivity index (χ0n) is 16.5. The topological polar surface area (TPSA) is 154 Å². The number of nitro groups is 1. The summed E-state index contributed by atoms with van der Waals surface area (Å²) < 4.78 is 38.3. The summed E-state index contributed by atoms with van der Waals surface area (Å²) in [5.41, 5.74) is 0.461. The van der Waals surface area contributed by atoms with Crippen LogP contribution in [0.1, 0.15) is 12.0 Å². The van der Waals surface area contributed by atoms with Crippen LogP contribution in [0.4, 0.5) is 10.5 Å². The van der Waals surface area contributed by atoms with E-state index in [2.05, 4.69) is 5.32 Å². The number of non-ortho nitro benzene ring substituents is 1. The fourth-order valence-corrected chi connectivity index (χ4v) is 3.51. The van der Waals surface area contributed by atoms with E-state index in [9.17, 15) is 28.1 Å². The van der Waals surface area contributed by atoms with Crippen LogP contribution in [0.25, 0.3) is 0 Å². The molecule has 2 atom stereocenters. The number of amides is 2. The van der Waals surface area contributed by atoms with Gasteiger partial charge < -0.3 is 19.7 Å². The van der Waals surface area contributed by atoms with Gasteiger partial charge >= 0.3 is 6.09 Å². The van der Waals surface area contributed by atoms with Crippen LogP contribution in [0.2, 0.25) is 0 Å². The van der Waals surface area contributed by atoms with Gasteiger partial charge in [0, 0.05) is 19.2 Å². The zero-order chi connectivity index (χ0) is 22.3. The maximum absolute atomic E-state index is 12.5. The van der Waals surface area contributed by atoms with E-state index in [0.29, 0.717) is 5.56 Å². The number of hydrogen-bond acceptors (Lipinski definition) is 9. The molecule has 0 aromatic heterocycles. The Kier molecular flexibility index (Phi) is 8.08. The number of nitro benzene ring substituents is 1. The van der Waals surface area contributed by atoms with Crippen LogP contribution in [-0.4, -0.2) is 75.4 Å². The van der Waals surface area contributed by atoms with Crippen molar-refractivity contribution in [1.29, 1.82) is 0 Å². The van der Waals surface area contributed by atoms with Gasteiger partial charge in [-0.15, -0.1) is 0 Å². The molecule has 1 N–H and O–H groups in total. The van der Waals surface area contributed by atoms with Gasteiger partial charge in [0.1, 0.15) is 13.2 Å². The number of carbonyl (C=O) groups is 2. The van der Waals surface area contributed by atoms with Crippen molar-refractivity contribution in [3.8, 4) is 0 Å². The molecule has 1 aromatic carbocycles. The maximum atomic E-state index is 12.5. The Bertz CT molecular complexity index is 873. The third-order valence-corrected chi connectivity index (χ3v) is 4.87. The van der Waals surface area contributed by atoms with Crippen molar-refractivity contribution in [3.05, 3.63) is 39.9 Å². The van der Waals surface area contributed by atoms with Crippen molar-refractivity contribution in [3.63, 3.8) is 0 Å². The number of benzene rings is 1. The minimum Gasteiger partial charge on any atom is -0.445 e. The first kappa shape index (κ1) is 23.5. The molecule has 13 heteroatoms. The summed E-state index contributed by atoms with van der Waals surface area (Å²) in [6, 6.07) is 4.98. The Labute approximate surface area is 173 Å². The first-order valence-electron chi connectivity index (χ1n) is 8.92. The summed E-state index contributed by atoms with van der Waals surface area (Å²) in [5, 5.41) is 13.1. The van der Waals surface area contributed by atoms with Gasteiger partial charge in [-0.05, 0) is 24.1 Å². The van der Waals surface area contributed by atoms with Crippen LogP contribution in [0.3, 0.4) is 0 Å². The van der Waals surface area contributed by atoms with Crippen LogP contribution in [0, 0.1) is 10.1 Å². The fourth-order valence-electron chi connectivity index (χ4n) is 2.87. The predicted octanol–water partition coefficient (Wildman–Crippen LogP) is 0.413. The van der Waals surface area contributed by atoms with E-state index in [4.69, 9.17) is 13.7 Å². The minimum absolute atomic E-state index is 0.0102. The lowest BCUT2D eigenvalue weighted by atomic mass is 10.2. The van der Waals surface area contributed by atoms with Gasteiger partial charge in [0.15, 0.2) is 0 Å². The summed E-state index contributed by atoms with van der Waals surface area (Å²) in [7, 11) is -2.27. The maximum Gasteiger partial charge on any atom is 0.410 e. The van der Waals surface area contributed by atoms with Gasteiger partial charge in [-0.3, -0.25) is 19.1 Å². The van der Waals surface area contributed by atoms with E-state index in [0.717, 1.165) is 6.26 Å². The third kappa shape index (κ3) is 7.24. The summed E-state index contributed by atoms with van der Waals surface area (Å²) >= 11 is 0. The smallest absolute Gasteiger partial charge is 0.410 e. The van der Waals surface area contributed by atoms with Crippen LogP contribution >= 0.6 is 0 Å². The Morgan fingerprint density at radius 3 is 2.53 bits per heavy atom. The first-order valence-corrected chi connectivity index (χ1v) is 10.7. The number of ether oxygens (including phenoxy) is 2. The molecular formula is C17H23N3O9S. The molecule has 166 valence electrons. The lowest BCUT2D eigenvalue weighted by Gasteiger charge is -2.23. The number of nitrogens with zero attached hydrogens (tertiary/aromatic N) is 2. The second-order valence-electron chi connectivity index (χ2n) is 6.63. The molecule has 1 saturated heterocycles. The zero-order valence-corrected chi connectivity index (χ0v) is 17.3. The lowest BCUT2D eigenvalue weighted by molar-refractivity contribution is -0.384. The summed E-state index contributed by atoms with van der Waals surface area (Å²) in [4.78, 5) is 35.2. The Hall–Kier alpha value is -2.77. The van der Waals surface area contributed by atoms with Gasteiger partial charge in [0.2, 0.25) is 5.91 Å². The number of likely N-dealkylation sites (tertiary alicyclic amines) is 1. The normalized spacial score (nSPS) is 18.8. The van der Waals surface area contributed by atoms with Crippen LogP contribution < -0.4 is 5.32 Å². The molecule has 2 rings (SSSR count). The van der Waals surface area contributed by atoms with Crippen molar-refractivity contribution < 1.29 is 36.6 Å². The largest absolute Gasteiger partial charge is 0.445 e. The van der Waals surface area contributed by atoms with Gasteiger partial charge in [0.05, 0.1) is 36.5 Å². The van der Waals surface area contributed by atoms with Crippen LogP contribution in [-0.2, 0) is 35.2 Å². The highest BCUT2D eigenvalue weighted by Gasteiger charge is 2.38. The molecule has 0 radical (unpaired) electrons. The Morgan fingerprint density at radius 1 is 1.30 bits per heavy atom. The molecule has 1 fully saturated rings. The van der Waals surface area contributed by atoms with E-state index in [1.54, 1.807) is 0 Å². The second-order valence-corrected chi connectivity index (χ2v) is 8.23. The van der Waals surface area contributed by atoms with Gasteiger partial charge in [-0.25, -0.2) is 4.79 Å². The molecular weight excluding hydrogens is 422 g/mol. The lowest BCUT2D eigenvalue weighted by Crippen LogP contribution is -2.39. The molecule has 1 aliphatic rings. The Balaban J connectivity index is 1.98. The highest BCUT2D eigenvalue weighted by molar-refractivity contribution is 7.86. The van der Waals surface area contributed by atoms with Gasteiger partial charge in [0.25, 0.3) is 15.8 Å². The number of rotatable bonds is 9. The molecule has 1 aliphatic heterocycles. The molecule has 30 heavy (non-hydrogen) atoms. The second kappa shape index (κ2) is 10.3. The molecule has 0 unspecified atom stereocenters. The highest BCUT2D eigenvalue weighted by Crippen LogP contribution is 2.23. The van der Waals surface area contributed by atoms with Crippen molar-refractivity contribution in [2.75, 3.05) is 33.1 Å². The fraction of sp³-hybridized carbons (Fsp3) is 0.529. The van der Waals surface area contributed by atoms with Crippen molar-refractivity contribution >= 4 is 27.8 Å². The van der Waals surface area contributed by atoms with Crippen molar-refractivity contribution in [2.24, 2.45) is 0 Å².